The fraction of sp³-hybridized carbons (Fsp3) is 0.688. The lowest BCUT2D eigenvalue weighted by molar-refractivity contribution is -0.146. The van der Waals surface area contributed by atoms with Crippen LogP contribution in [0.5, 0.6) is 0 Å². The van der Waals surface area contributed by atoms with E-state index in [0.29, 0.717) is 18.8 Å². The van der Waals surface area contributed by atoms with Gasteiger partial charge in [0.15, 0.2) is 5.78 Å². The first-order valence-corrected chi connectivity index (χ1v) is 8.34. The highest BCUT2D eigenvalue weighted by Gasteiger charge is 2.38. The molecule has 0 aromatic carbocycles. The molecule has 0 unspecified atom stereocenters. The van der Waals surface area contributed by atoms with Crippen LogP contribution in [0.2, 0.25) is 0 Å². The SMILES string of the molecule is CCOC1(C(=O)CCc2cccs2)CCCCCC1. The van der Waals surface area contributed by atoms with Crippen molar-refractivity contribution in [3.05, 3.63) is 22.4 Å². The number of ketones is 1. The number of thiophene rings is 1. The lowest BCUT2D eigenvalue weighted by Crippen LogP contribution is -2.41. The monoisotopic (exact) mass is 280 g/mol. The summed E-state index contributed by atoms with van der Waals surface area (Å²) in [6.45, 7) is 2.64. The molecule has 1 aromatic rings. The molecule has 1 aromatic heterocycles. The van der Waals surface area contributed by atoms with Gasteiger partial charge in [0, 0.05) is 17.9 Å². The number of rotatable bonds is 6. The lowest BCUT2D eigenvalue weighted by atomic mass is 9.87. The van der Waals surface area contributed by atoms with Crippen LogP contribution < -0.4 is 0 Å². The molecule has 0 bridgehead atoms. The minimum Gasteiger partial charge on any atom is -0.368 e. The van der Waals surface area contributed by atoms with Gasteiger partial charge in [0.2, 0.25) is 0 Å². The van der Waals surface area contributed by atoms with Crippen LogP contribution >= 0.6 is 11.3 Å². The molecule has 1 aliphatic carbocycles. The van der Waals surface area contributed by atoms with E-state index in [0.717, 1.165) is 32.1 Å². The molecule has 1 saturated carbocycles. The number of ether oxygens (including phenoxy) is 1. The van der Waals surface area contributed by atoms with Gasteiger partial charge in [-0.05, 0) is 37.6 Å². The third-order valence-electron chi connectivity index (χ3n) is 4.02. The Labute approximate surface area is 120 Å². The molecule has 0 saturated heterocycles. The molecule has 0 amide bonds. The van der Waals surface area contributed by atoms with Gasteiger partial charge >= 0.3 is 0 Å². The molecular weight excluding hydrogens is 256 g/mol. The number of carbonyl (C=O) groups is 1. The van der Waals surface area contributed by atoms with E-state index >= 15 is 0 Å². The van der Waals surface area contributed by atoms with Gasteiger partial charge in [0.05, 0.1) is 0 Å². The number of hydrogen-bond acceptors (Lipinski definition) is 3. The van der Waals surface area contributed by atoms with Crippen LogP contribution in [0, 0.1) is 0 Å². The van der Waals surface area contributed by atoms with Crippen LogP contribution in [0.3, 0.4) is 0 Å². The maximum Gasteiger partial charge on any atom is 0.164 e. The van der Waals surface area contributed by atoms with E-state index in [9.17, 15) is 4.79 Å². The van der Waals surface area contributed by atoms with Gasteiger partial charge in [0.25, 0.3) is 0 Å². The molecule has 0 atom stereocenters. The fourth-order valence-corrected chi connectivity index (χ4v) is 3.71. The summed E-state index contributed by atoms with van der Waals surface area (Å²) in [5.41, 5.74) is -0.470. The van der Waals surface area contributed by atoms with Crippen molar-refractivity contribution >= 4 is 17.1 Å². The summed E-state index contributed by atoms with van der Waals surface area (Å²) in [7, 11) is 0. The second-order valence-corrected chi connectivity index (χ2v) is 6.38. The first kappa shape index (κ1) is 14.7. The lowest BCUT2D eigenvalue weighted by Gasteiger charge is -2.31. The van der Waals surface area contributed by atoms with Gasteiger partial charge in [-0.2, -0.15) is 0 Å². The summed E-state index contributed by atoms with van der Waals surface area (Å²) in [5.74, 6) is 0.324. The number of hydrogen-bond donors (Lipinski definition) is 0. The molecule has 3 heteroatoms. The van der Waals surface area contributed by atoms with Crippen molar-refractivity contribution < 1.29 is 9.53 Å². The van der Waals surface area contributed by atoms with Crippen molar-refractivity contribution in [1.82, 2.24) is 0 Å². The molecule has 0 spiro atoms. The highest BCUT2D eigenvalue weighted by atomic mass is 32.1. The van der Waals surface area contributed by atoms with Crippen LogP contribution in [0.15, 0.2) is 17.5 Å². The van der Waals surface area contributed by atoms with Crippen molar-refractivity contribution in [1.29, 1.82) is 0 Å². The van der Waals surface area contributed by atoms with E-state index in [-0.39, 0.29) is 0 Å². The van der Waals surface area contributed by atoms with Gasteiger partial charge in [-0.3, -0.25) is 4.79 Å². The Kier molecular flexibility index (Phi) is 5.59. The minimum absolute atomic E-state index is 0.324. The Morgan fingerprint density at radius 1 is 1.32 bits per heavy atom. The molecule has 0 aliphatic heterocycles. The van der Waals surface area contributed by atoms with Gasteiger partial charge < -0.3 is 4.74 Å². The normalized spacial score (nSPS) is 19.0. The second-order valence-electron chi connectivity index (χ2n) is 5.34. The fourth-order valence-electron chi connectivity index (χ4n) is 3.00. The van der Waals surface area contributed by atoms with Crippen molar-refractivity contribution in [2.24, 2.45) is 0 Å². The van der Waals surface area contributed by atoms with E-state index in [1.54, 1.807) is 11.3 Å². The van der Waals surface area contributed by atoms with Gasteiger partial charge in [0.1, 0.15) is 5.60 Å². The number of aryl methyl sites for hydroxylation is 1. The zero-order valence-corrected chi connectivity index (χ0v) is 12.6. The zero-order chi connectivity index (χ0) is 13.6. The molecule has 0 N–H and O–H groups in total. The third-order valence-corrected chi connectivity index (χ3v) is 4.95. The standard InChI is InChI=1S/C16H24O2S/c1-2-18-16(11-5-3-4-6-12-16)15(17)10-9-14-8-7-13-19-14/h7-8,13H,2-6,9-12H2,1H3. The first-order valence-electron chi connectivity index (χ1n) is 7.46. The molecule has 19 heavy (non-hydrogen) atoms. The van der Waals surface area contributed by atoms with Crippen LogP contribution in [0.1, 0.15) is 56.7 Å². The smallest absolute Gasteiger partial charge is 0.164 e. The van der Waals surface area contributed by atoms with Gasteiger partial charge in [-0.15, -0.1) is 11.3 Å². The van der Waals surface area contributed by atoms with Crippen molar-refractivity contribution in [2.45, 2.75) is 63.9 Å². The van der Waals surface area contributed by atoms with E-state index in [4.69, 9.17) is 4.74 Å². The predicted octanol–water partition coefficient (Wildman–Crippen LogP) is 4.38. The summed E-state index contributed by atoms with van der Waals surface area (Å²) in [6.07, 6.45) is 8.08. The summed E-state index contributed by atoms with van der Waals surface area (Å²) in [6, 6.07) is 4.16. The van der Waals surface area contributed by atoms with Crippen LogP contribution in [-0.4, -0.2) is 18.0 Å². The molecule has 1 fully saturated rings. The van der Waals surface area contributed by atoms with Crippen molar-refractivity contribution in [3.63, 3.8) is 0 Å². The minimum atomic E-state index is -0.470. The average Bonchev–Trinajstić information content (AvgIpc) is 2.82. The van der Waals surface area contributed by atoms with Crippen LogP contribution in [0.25, 0.3) is 0 Å². The summed E-state index contributed by atoms with van der Waals surface area (Å²) in [5, 5.41) is 2.07. The van der Waals surface area contributed by atoms with E-state index in [2.05, 4.69) is 17.5 Å². The Morgan fingerprint density at radius 2 is 2.05 bits per heavy atom. The third kappa shape index (κ3) is 3.90. The highest BCUT2D eigenvalue weighted by Crippen LogP contribution is 2.33. The summed E-state index contributed by atoms with van der Waals surface area (Å²) >= 11 is 1.73. The quantitative estimate of drug-likeness (QED) is 0.723. The van der Waals surface area contributed by atoms with E-state index < -0.39 is 5.60 Å². The Balaban J connectivity index is 1.98. The zero-order valence-electron chi connectivity index (χ0n) is 11.8. The molecular formula is C16H24O2S. The van der Waals surface area contributed by atoms with E-state index in [1.165, 1.54) is 17.7 Å². The molecule has 106 valence electrons. The Morgan fingerprint density at radius 3 is 2.63 bits per heavy atom. The average molecular weight is 280 g/mol. The van der Waals surface area contributed by atoms with Crippen LogP contribution in [-0.2, 0) is 16.0 Å². The summed E-state index contributed by atoms with van der Waals surface area (Å²) < 4.78 is 5.94. The molecule has 2 nitrogen and oxygen atoms in total. The second kappa shape index (κ2) is 7.20. The Hall–Kier alpha value is -0.670. The van der Waals surface area contributed by atoms with E-state index in [1.807, 2.05) is 6.92 Å². The van der Waals surface area contributed by atoms with Crippen molar-refractivity contribution in [3.8, 4) is 0 Å². The number of carbonyl (C=O) groups excluding carboxylic acids is 1. The van der Waals surface area contributed by atoms with Gasteiger partial charge in [-0.1, -0.05) is 31.7 Å². The van der Waals surface area contributed by atoms with Gasteiger partial charge in [-0.25, -0.2) is 0 Å². The summed E-state index contributed by atoms with van der Waals surface area (Å²) in [4.78, 5) is 13.9. The molecule has 1 heterocycles. The largest absolute Gasteiger partial charge is 0.368 e. The maximum absolute atomic E-state index is 12.6. The molecule has 0 radical (unpaired) electrons. The van der Waals surface area contributed by atoms with Crippen molar-refractivity contribution in [2.75, 3.05) is 6.61 Å². The predicted molar refractivity (Wildman–Crippen MR) is 79.7 cm³/mol. The molecule has 1 aliphatic rings. The first-order chi connectivity index (χ1) is 9.27. The Bertz CT molecular complexity index is 375. The maximum atomic E-state index is 12.6. The topological polar surface area (TPSA) is 26.3 Å². The molecule has 2 rings (SSSR count). The highest BCUT2D eigenvalue weighted by molar-refractivity contribution is 7.09. The van der Waals surface area contributed by atoms with Crippen LogP contribution in [0.4, 0.5) is 0 Å². The number of Topliss-reactive ketones (excluding diaryl/α,β-unsaturated/α-hetero) is 1.